The molecule has 0 bridgehead atoms. The van der Waals surface area contributed by atoms with Gasteiger partial charge in [-0.15, -0.1) is 0 Å². The Bertz CT molecular complexity index is 783. The quantitative estimate of drug-likeness (QED) is 0.563. The van der Waals surface area contributed by atoms with Gasteiger partial charge in [0.25, 0.3) is 10.0 Å². The lowest BCUT2D eigenvalue weighted by molar-refractivity contribution is 0.600. The van der Waals surface area contributed by atoms with Crippen LogP contribution < -0.4 is 16.0 Å². The Morgan fingerprint density at radius 1 is 1.33 bits per heavy atom. The fourth-order valence-corrected chi connectivity index (χ4v) is 3.25. The van der Waals surface area contributed by atoms with Gasteiger partial charge in [-0.25, -0.2) is 12.8 Å². The van der Waals surface area contributed by atoms with Crippen molar-refractivity contribution in [2.45, 2.75) is 11.8 Å². The van der Waals surface area contributed by atoms with E-state index in [0.717, 1.165) is 0 Å². The highest BCUT2D eigenvalue weighted by Crippen LogP contribution is 2.27. The fourth-order valence-electron chi connectivity index (χ4n) is 1.67. The zero-order valence-electron chi connectivity index (χ0n) is 10.9. The number of hydrogen-bond donors (Lipinski definition) is 3. The summed E-state index contributed by atoms with van der Waals surface area (Å²) in [6.07, 6.45) is 2.58. The van der Waals surface area contributed by atoms with E-state index in [1.165, 1.54) is 30.6 Å². The summed E-state index contributed by atoms with van der Waals surface area (Å²) in [7, 11) is -3.91. The Kier molecular flexibility index (Phi) is 4.45. The molecule has 1 aromatic heterocycles. The van der Waals surface area contributed by atoms with E-state index >= 15 is 0 Å². The summed E-state index contributed by atoms with van der Waals surface area (Å²) in [6, 6.07) is 4.02. The summed E-state index contributed by atoms with van der Waals surface area (Å²) < 4.78 is 40.7. The molecule has 0 amide bonds. The van der Waals surface area contributed by atoms with Gasteiger partial charge in [0.2, 0.25) is 0 Å². The molecule has 0 saturated heterocycles. The molecular weight excluding hydrogens is 363 g/mol. The van der Waals surface area contributed by atoms with E-state index < -0.39 is 15.8 Å². The number of aromatic nitrogens is 1. The molecule has 0 atom stereocenters. The van der Waals surface area contributed by atoms with Crippen LogP contribution in [0.5, 0.6) is 0 Å². The van der Waals surface area contributed by atoms with Crippen molar-refractivity contribution >= 4 is 37.3 Å². The molecular formula is C12H12BrFN4O2S. The van der Waals surface area contributed by atoms with Crippen LogP contribution in [-0.2, 0) is 10.0 Å². The van der Waals surface area contributed by atoms with E-state index in [2.05, 4.69) is 31.1 Å². The molecule has 0 aliphatic heterocycles. The number of pyridine rings is 1. The number of nitrogens with two attached hydrogens (primary N) is 1. The van der Waals surface area contributed by atoms with E-state index in [9.17, 15) is 12.8 Å². The van der Waals surface area contributed by atoms with Crippen molar-refractivity contribution < 1.29 is 12.8 Å². The van der Waals surface area contributed by atoms with Gasteiger partial charge in [0.1, 0.15) is 10.7 Å². The summed E-state index contributed by atoms with van der Waals surface area (Å²) in [4.78, 5) is 3.67. The average Bonchev–Trinajstić information content (AvgIpc) is 2.44. The first-order chi connectivity index (χ1) is 9.85. The first kappa shape index (κ1) is 15.7. The number of rotatable bonds is 4. The minimum absolute atomic E-state index is 0.104. The average molecular weight is 375 g/mol. The number of hydrogen-bond acceptors (Lipinski definition) is 5. The molecule has 4 N–H and O–H groups in total. The van der Waals surface area contributed by atoms with Crippen molar-refractivity contribution in [3.05, 3.63) is 46.4 Å². The van der Waals surface area contributed by atoms with E-state index in [1.54, 1.807) is 6.92 Å². The Morgan fingerprint density at radius 3 is 2.71 bits per heavy atom. The lowest BCUT2D eigenvalue weighted by Gasteiger charge is -2.13. The van der Waals surface area contributed by atoms with Crippen molar-refractivity contribution in [1.29, 1.82) is 0 Å². The van der Waals surface area contributed by atoms with Gasteiger partial charge in [-0.3, -0.25) is 15.5 Å². The SMILES string of the molecule is Cc1cc(F)c(Br)cc1NS(=O)(=O)c1cnccc1NN. The molecule has 0 aliphatic carbocycles. The largest absolute Gasteiger partial charge is 0.323 e. The summed E-state index contributed by atoms with van der Waals surface area (Å²) in [6.45, 7) is 1.60. The molecule has 0 saturated carbocycles. The highest BCUT2D eigenvalue weighted by molar-refractivity contribution is 9.10. The normalized spacial score (nSPS) is 11.2. The highest BCUT2D eigenvalue weighted by atomic mass is 79.9. The number of aryl methyl sites for hydroxylation is 1. The second kappa shape index (κ2) is 5.96. The number of sulfonamides is 1. The topological polar surface area (TPSA) is 97.1 Å². The molecule has 112 valence electrons. The van der Waals surface area contributed by atoms with Gasteiger partial charge < -0.3 is 5.43 Å². The Hall–Kier alpha value is -1.71. The van der Waals surface area contributed by atoms with Crippen LogP contribution >= 0.6 is 15.9 Å². The fraction of sp³-hybridized carbons (Fsp3) is 0.0833. The van der Waals surface area contributed by atoms with Crippen LogP contribution in [0.4, 0.5) is 15.8 Å². The van der Waals surface area contributed by atoms with E-state index in [0.29, 0.717) is 5.56 Å². The second-order valence-electron chi connectivity index (χ2n) is 4.20. The Balaban J connectivity index is 2.45. The number of hydrazine groups is 1. The van der Waals surface area contributed by atoms with Gasteiger partial charge in [-0.1, -0.05) is 0 Å². The van der Waals surface area contributed by atoms with Crippen LogP contribution in [0.25, 0.3) is 0 Å². The monoisotopic (exact) mass is 374 g/mol. The molecule has 9 heteroatoms. The van der Waals surface area contributed by atoms with Crippen LogP contribution in [-0.4, -0.2) is 13.4 Å². The maximum absolute atomic E-state index is 13.4. The van der Waals surface area contributed by atoms with E-state index in [1.807, 2.05) is 0 Å². The molecule has 1 aromatic carbocycles. The number of halogens is 2. The number of nitrogen functional groups attached to an aromatic ring is 1. The van der Waals surface area contributed by atoms with Crippen LogP contribution in [0.1, 0.15) is 5.56 Å². The summed E-state index contributed by atoms with van der Waals surface area (Å²) in [5.74, 6) is 4.82. The minimum Gasteiger partial charge on any atom is -0.323 e. The zero-order chi connectivity index (χ0) is 15.6. The molecule has 0 unspecified atom stereocenters. The Morgan fingerprint density at radius 2 is 2.05 bits per heavy atom. The molecule has 0 radical (unpaired) electrons. The third-order valence-corrected chi connectivity index (χ3v) is 4.74. The standard InChI is InChI=1S/C12H12BrFN4O2S/c1-7-4-9(14)8(13)5-11(7)18-21(19,20)12-6-16-3-2-10(12)17-15/h2-6,18H,15H2,1H3,(H,16,17). The summed E-state index contributed by atoms with van der Waals surface area (Å²) in [5.41, 5.74) is 3.21. The summed E-state index contributed by atoms with van der Waals surface area (Å²) >= 11 is 3.02. The zero-order valence-corrected chi connectivity index (χ0v) is 13.3. The maximum atomic E-state index is 13.4. The first-order valence-corrected chi connectivity index (χ1v) is 8.02. The molecule has 2 rings (SSSR count). The number of nitrogens with one attached hydrogen (secondary N) is 2. The lowest BCUT2D eigenvalue weighted by atomic mass is 10.2. The predicted octanol–water partition coefficient (Wildman–Crippen LogP) is 2.38. The molecule has 0 aliphatic rings. The minimum atomic E-state index is -3.91. The molecule has 0 spiro atoms. The molecule has 0 fully saturated rings. The molecule has 1 heterocycles. The van der Waals surface area contributed by atoms with Crippen molar-refractivity contribution in [3.8, 4) is 0 Å². The van der Waals surface area contributed by atoms with Gasteiger partial charge in [0.15, 0.2) is 0 Å². The van der Waals surface area contributed by atoms with Gasteiger partial charge in [-0.2, -0.15) is 0 Å². The molecule has 21 heavy (non-hydrogen) atoms. The number of anilines is 2. The van der Waals surface area contributed by atoms with Crippen molar-refractivity contribution in [2.24, 2.45) is 5.84 Å². The van der Waals surface area contributed by atoms with Crippen LogP contribution in [0.15, 0.2) is 40.0 Å². The van der Waals surface area contributed by atoms with Crippen LogP contribution in [0, 0.1) is 12.7 Å². The van der Waals surface area contributed by atoms with Gasteiger partial charge in [-0.05, 0) is 46.6 Å². The third kappa shape index (κ3) is 3.31. The maximum Gasteiger partial charge on any atom is 0.265 e. The van der Waals surface area contributed by atoms with Crippen molar-refractivity contribution in [3.63, 3.8) is 0 Å². The molecule has 6 nitrogen and oxygen atoms in total. The third-order valence-electron chi connectivity index (χ3n) is 2.74. The predicted molar refractivity (Wildman–Crippen MR) is 81.7 cm³/mol. The molecule has 2 aromatic rings. The lowest BCUT2D eigenvalue weighted by Crippen LogP contribution is -2.18. The Labute approximate surface area is 129 Å². The van der Waals surface area contributed by atoms with Gasteiger partial charge in [0, 0.05) is 12.4 Å². The number of benzene rings is 1. The van der Waals surface area contributed by atoms with Gasteiger partial charge >= 0.3 is 0 Å². The van der Waals surface area contributed by atoms with Crippen molar-refractivity contribution in [1.82, 2.24) is 4.98 Å². The second-order valence-corrected chi connectivity index (χ2v) is 6.71. The first-order valence-electron chi connectivity index (χ1n) is 5.74. The van der Waals surface area contributed by atoms with E-state index in [-0.39, 0.29) is 20.7 Å². The van der Waals surface area contributed by atoms with Crippen molar-refractivity contribution in [2.75, 3.05) is 10.1 Å². The van der Waals surface area contributed by atoms with E-state index in [4.69, 9.17) is 5.84 Å². The summed E-state index contributed by atoms with van der Waals surface area (Å²) in [5, 5.41) is 0. The number of nitrogens with zero attached hydrogens (tertiary/aromatic N) is 1. The smallest absolute Gasteiger partial charge is 0.265 e. The van der Waals surface area contributed by atoms with Crippen LogP contribution in [0.3, 0.4) is 0 Å². The highest BCUT2D eigenvalue weighted by Gasteiger charge is 2.20. The van der Waals surface area contributed by atoms with Gasteiger partial charge in [0.05, 0.1) is 15.8 Å². The van der Waals surface area contributed by atoms with Crippen LogP contribution in [0.2, 0.25) is 0 Å².